The van der Waals surface area contributed by atoms with Gasteiger partial charge in [0.05, 0.1) is 18.5 Å². The molecule has 0 aliphatic carbocycles. The average Bonchev–Trinajstić information content (AvgIpc) is 3.27. The molecule has 8 nitrogen and oxygen atoms in total. The first kappa shape index (κ1) is 22.1. The summed E-state index contributed by atoms with van der Waals surface area (Å²) in [6.45, 7) is 5.26. The molecule has 8 heteroatoms. The second kappa shape index (κ2) is 9.97. The molecule has 0 aromatic heterocycles. The van der Waals surface area contributed by atoms with Crippen molar-refractivity contribution in [2.45, 2.75) is 32.7 Å². The number of benzene rings is 2. The van der Waals surface area contributed by atoms with Crippen molar-refractivity contribution in [2.24, 2.45) is 0 Å². The van der Waals surface area contributed by atoms with Crippen LogP contribution in [0.5, 0.6) is 0 Å². The van der Waals surface area contributed by atoms with E-state index in [0.29, 0.717) is 16.9 Å². The molecular formula is C23H28N4O4. The van der Waals surface area contributed by atoms with Gasteiger partial charge in [-0.25, -0.2) is 9.59 Å². The van der Waals surface area contributed by atoms with Crippen LogP contribution >= 0.6 is 0 Å². The maximum Gasteiger partial charge on any atom is 0.328 e. The van der Waals surface area contributed by atoms with Crippen LogP contribution in [0.1, 0.15) is 35.7 Å². The van der Waals surface area contributed by atoms with Gasteiger partial charge >= 0.3 is 12.0 Å². The highest BCUT2D eigenvalue weighted by Crippen LogP contribution is 2.32. The third-order valence-electron chi connectivity index (χ3n) is 5.13. The van der Waals surface area contributed by atoms with Gasteiger partial charge in [0.2, 0.25) is 0 Å². The highest BCUT2D eigenvalue weighted by atomic mass is 16.5. The molecule has 0 spiro atoms. The number of amides is 3. The minimum atomic E-state index is -0.788. The fourth-order valence-electron chi connectivity index (χ4n) is 3.53. The third kappa shape index (κ3) is 5.75. The monoisotopic (exact) mass is 424 g/mol. The molecule has 2 aromatic rings. The quantitative estimate of drug-likeness (QED) is 0.616. The Bertz CT molecular complexity index is 970. The maximum absolute atomic E-state index is 12.6. The number of rotatable bonds is 6. The van der Waals surface area contributed by atoms with Gasteiger partial charge < -0.3 is 25.6 Å². The lowest BCUT2D eigenvalue weighted by molar-refractivity contribution is -0.142. The zero-order valence-corrected chi connectivity index (χ0v) is 18.0. The number of urea groups is 1. The third-order valence-corrected chi connectivity index (χ3v) is 5.13. The van der Waals surface area contributed by atoms with Crippen molar-refractivity contribution in [3.8, 4) is 0 Å². The number of carbonyl (C=O) groups excluding carboxylic acids is 3. The average molecular weight is 425 g/mol. The number of methoxy groups -OCH3 is 1. The normalized spacial score (nSPS) is 14.0. The number of esters is 1. The summed E-state index contributed by atoms with van der Waals surface area (Å²) in [5.41, 5.74) is 3.54. The molecule has 3 N–H and O–H groups in total. The summed E-state index contributed by atoms with van der Waals surface area (Å²) >= 11 is 0. The lowest BCUT2D eigenvalue weighted by Crippen LogP contribution is -2.41. The van der Waals surface area contributed by atoms with Gasteiger partial charge in [-0.1, -0.05) is 17.7 Å². The Hall–Kier alpha value is -3.55. The van der Waals surface area contributed by atoms with Crippen LogP contribution in [0.4, 0.5) is 21.9 Å². The van der Waals surface area contributed by atoms with E-state index >= 15 is 0 Å². The SMILES string of the molecule is COC(=O)C(C)NC(=O)Nc1cc(NC(=O)c2cccc(C)c2)ccc1N1CCCC1. The number of ether oxygens (including phenoxy) is 1. The summed E-state index contributed by atoms with van der Waals surface area (Å²) in [5, 5.41) is 8.25. The molecule has 31 heavy (non-hydrogen) atoms. The fraction of sp³-hybridized carbons (Fsp3) is 0.348. The van der Waals surface area contributed by atoms with Crippen LogP contribution in [0.2, 0.25) is 0 Å². The lowest BCUT2D eigenvalue weighted by Gasteiger charge is -2.23. The fourth-order valence-corrected chi connectivity index (χ4v) is 3.53. The van der Waals surface area contributed by atoms with Crippen LogP contribution in [-0.2, 0) is 9.53 Å². The first-order chi connectivity index (χ1) is 14.9. The van der Waals surface area contributed by atoms with Crippen LogP contribution < -0.4 is 20.9 Å². The van der Waals surface area contributed by atoms with E-state index in [1.807, 2.05) is 37.3 Å². The lowest BCUT2D eigenvalue weighted by atomic mass is 10.1. The van der Waals surface area contributed by atoms with Crippen molar-refractivity contribution < 1.29 is 19.1 Å². The highest BCUT2D eigenvalue weighted by molar-refractivity contribution is 6.05. The Morgan fingerprint density at radius 2 is 1.77 bits per heavy atom. The van der Waals surface area contributed by atoms with Crippen LogP contribution in [0, 0.1) is 6.92 Å². The predicted molar refractivity (Wildman–Crippen MR) is 121 cm³/mol. The molecule has 0 bridgehead atoms. The molecule has 1 aliphatic rings. The molecule has 0 radical (unpaired) electrons. The van der Waals surface area contributed by atoms with E-state index < -0.39 is 18.0 Å². The summed E-state index contributed by atoms with van der Waals surface area (Å²) in [4.78, 5) is 38.9. The Kier molecular flexibility index (Phi) is 7.12. The molecule has 1 atom stereocenters. The summed E-state index contributed by atoms with van der Waals surface area (Å²) in [6, 6.07) is 11.4. The number of nitrogens with one attached hydrogen (secondary N) is 3. The number of aryl methyl sites for hydroxylation is 1. The number of anilines is 3. The first-order valence-electron chi connectivity index (χ1n) is 10.3. The number of nitrogens with zero attached hydrogens (tertiary/aromatic N) is 1. The van der Waals surface area contributed by atoms with Crippen molar-refractivity contribution in [3.63, 3.8) is 0 Å². The van der Waals surface area contributed by atoms with Crippen LogP contribution in [-0.4, -0.2) is 44.1 Å². The highest BCUT2D eigenvalue weighted by Gasteiger charge is 2.20. The van der Waals surface area contributed by atoms with E-state index in [1.54, 1.807) is 19.1 Å². The van der Waals surface area contributed by atoms with Gasteiger partial charge in [-0.3, -0.25) is 4.79 Å². The van der Waals surface area contributed by atoms with Gasteiger partial charge in [0.15, 0.2) is 0 Å². The van der Waals surface area contributed by atoms with Crippen molar-refractivity contribution >= 4 is 35.0 Å². The Morgan fingerprint density at radius 1 is 1.03 bits per heavy atom. The minimum absolute atomic E-state index is 0.229. The summed E-state index contributed by atoms with van der Waals surface area (Å²) < 4.78 is 4.64. The van der Waals surface area contributed by atoms with Gasteiger partial charge in [0.1, 0.15) is 6.04 Å². The predicted octanol–water partition coefficient (Wildman–Crippen LogP) is 3.53. The Labute approximate surface area is 182 Å². The second-order valence-electron chi connectivity index (χ2n) is 7.59. The standard InChI is InChI=1S/C23H28N4O4/c1-15-7-6-8-17(13-15)21(28)25-18-9-10-20(27-11-4-5-12-27)19(14-18)26-23(30)24-16(2)22(29)31-3/h6-10,13-14,16H,4-5,11-12H2,1-3H3,(H,25,28)(H2,24,26,30). The first-order valence-corrected chi connectivity index (χ1v) is 10.3. The van der Waals surface area contributed by atoms with Crippen molar-refractivity contribution in [1.82, 2.24) is 5.32 Å². The van der Waals surface area contributed by atoms with Crippen LogP contribution in [0.25, 0.3) is 0 Å². The molecule has 1 fully saturated rings. The van der Waals surface area contributed by atoms with Gasteiger partial charge in [-0.05, 0) is 57.0 Å². The minimum Gasteiger partial charge on any atom is -0.467 e. The van der Waals surface area contributed by atoms with Crippen LogP contribution in [0.15, 0.2) is 42.5 Å². The van der Waals surface area contributed by atoms with Gasteiger partial charge in [-0.2, -0.15) is 0 Å². The zero-order chi connectivity index (χ0) is 22.4. The van der Waals surface area contributed by atoms with E-state index in [2.05, 4.69) is 25.6 Å². The molecule has 1 aliphatic heterocycles. The molecule has 2 aromatic carbocycles. The van der Waals surface area contributed by atoms with E-state index in [1.165, 1.54) is 7.11 Å². The molecule has 1 saturated heterocycles. The second-order valence-corrected chi connectivity index (χ2v) is 7.59. The largest absolute Gasteiger partial charge is 0.467 e. The summed E-state index contributed by atoms with van der Waals surface area (Å²) in [7, 11) is 1.27. The van der Waals surface area contributed by atoms with Crippen molar-refractivity contribution in [1.29, 1.82) is 0 Å². The molecule has 3 rings (SSSR count). The van der Waals surface area contributed by atoms with E-state index in [9.17, 15) is 14.4 Å². The maximum atomic E-state index is 12.6. The smallest absolute Gasteiger partial charge is 0.328 e. The molecule has 3 amide bonds. The summed E-state index contributed by atoms with van der Waals surface area (Å²) in [5.74, 6) is -0.763. The molecule has 0 saturated carbocycles. The number of hydrogen-bond acceptors (Lipinski definition) is 5. The van der Waals surface area contributed by atoms with E-state index in [0.717, 1.165) is 37.2 Å². The van der Waals surface area contributed by atoms with Gasteiger partial charge in [0.25, 0.3) is 5.91 Å². The number of hydrogen-bond donors (Lipinski definition) is 3. The molecule has 164 valence electrons. The summed E-state index contributed by atoms with van der Waals surface area (Å²) in [6.07, 6.45) is 2.16. The van der Waals surface area contributed by atoms with Gasteiger partial charge in [-0.15, -0.1) is 0 Å². The Morgan fingerprint density at radius 3 is 2.45 bits per heavy atom. The molecule has 1 heterocycles. The molecular weight excluding hydrogens is 396 g/mol. The topological polar surface area (TPSA) is 99.8 Å². The zero-order valence-electron chi connectivity index (χ0n) is 18.0. The molecule has 1 unspecified atom stereocenters. The van der Waals surface area contributed by atoms with Crippen LogP contribution in [0.3, 0.4) is 0 Å². The van der Waals surface area contributed by atoms with E-state index in [4.69, 9.17) is 0 Å². The van der Waals surface area contributed by atoms with Crippen molar-refractivity contribution in [3.05, 3.63) is 53.6 Å². The number of carbonyl (C=O) groups is 3. The van der Waals surface area contributed by atoms with E-state index in [-0.39, 0.29) is 5.91 Å². The Balaban J connectivity index is 1.80. The van der Waals surface area contributed by atoms with Crippen molar-refractivity contribution in [2.75, 3.05) is 35.7 Å². The van der Waals surface area contributed by atoms with Gasteiger partial charge in [0, 0.05) is 24.3 Å².